The molecule has 116 valence electrons. The van der Waals surface area contributed by atoms with Crippen LogP contribution in [0.15, 0.2) is 48.9 Å². The van der Waals surface area contributed by atoms with Crippen LogP contribution in [0.5, 0.6) is 11.5 Å². The molecule has 7 heteroatoms. The monoisotopic (exact) mass is 328 g/mol. The molecule has 0 aliphatic carbocycles. The highest BCUT2D eigenvalue weighted by Crippen LogP contribution is 2.28. The van der Waals surface area contributed by atoms with E-state index in [9.17, 15) is 10.2 Å². The van der Waals surface area contributed by atoms with Crippen LogP contribution in [-0.4, -0.2) is 25.2 Å². The number of aromatic nitrogens is 3. The van der Waals surface area contributed by atoms with Gasteiger partial charge >= 0.3 is 0 Å². The van der Waals surface area contributed by atoms with Crippen LogP contribution in [0, 0.1) is 0 Å². The molecule has 0 fully saturated rings. The maximum Gasteiger partial charge on any atom is 0.163 e. The van der Waals surface area contributed by atoms with Gasteiger partial charge in [0.15, 0.2) is 17.3 Å². The number of hydrogen-bond acceptors (Lipinski definition) is 6. The second kappa shape index (κ2) is 6.50. The first-order valence-electron chi connectivity index (χ1n) is 6.81. The van der Waals surface area contributed by atoms with Gasteiger partial charge in [0.1, 0.15) is 5.82 Å². The number of phenolic OH excluding ortho intramolecular Hbond substituents is 2. The minimum atomic E-state index is -0.155. The maximum atomic E-state index is 9.79. The molecule has 0 atom stereocenters. The Morgan fingerprint density at radius 2 is 2.00 bits per heavy atom. The molecule has 0 saturated heterocycles. The van der Waals surface area contributed by atoms with E-state index >= 15 is 0 Å². The summed E-state index contributed by atoms with van der Waals surface area (Å²) in [4.78, 5) is 12.6. The molecule has 0 radical (unpaired) electrons. The molecule has 2 heterocycles. The zero-order valence-corrected chi connectivity index (χ0v) is 12.7. The quantitative estimate of drug-likeness (QED) is 0.637. The van der Waals surface area contributed by atoms with E-state index in [4.69, 9.17) is 11.6 Å². The van der Waals surface area contributed by atoms with Crippen LogP contribution in [0.2, 0.25) is 5.02 Å². The number of anilines is 1. The lowest BCUT2D eigenvalue weighted by atomic mass is 10.2. The van der Waals surface area contributed by atoms with Crippen molar-refractivity contribution in [2.45, 2.75) is 6.54 Å². The van der Waals surface area contributed by atoms with E-state index in [1.807, 2.05) is 0 Å². The van der Waals surface area contributed by atoms with Crippen LogP contribution in [0.3, 0.4) is 0 Å². The Labute approximate surface area is 137 Å². The smallest absolute Gasteiger partial charge is 0.163 e. The summed E-state index contributed by atoms with van der Waals surface area (Å²) in [6.45, 7) is 0.310. The first kappa shape index (κ1) is 15.1. The van der Waals surface area contributed by atoms with Crippen molar-refractivity contribution in [1.82, 2.24) is 15.0 Å². The van der Waals surface area contributed by atoms with Crippen molar-refractivity contribution in [1.29, 1.82) is 0 Å². The topological polar surface area (TPSA) is 91.2 Å². The molecule has 2 aromatic heterocycles. The number of aromatic hydroxyl groups is 2. The number of rotatable bonds is 4. The van der Waals surface area contributed by atoms with E-state index in [1.165, 1.54) is 12.3 Å². The van der Waals surface area contributed by atoms with E-state index in [0.717, 1.165) is 0 Å². The van der Waals surface area contributed by atoms with Gasteiger partial charge in [-0.15, -0.1) is 0 Å². The SMILES string of the molecule is Oc1cccc(CNc2ccnc(-c3cncc(Cl)c3)n2)c1O. The van der Waals surface area contributed by atoms with Gasteiger partial charge in [-0.25, -0.2) is 9.97 Å². The second-order valence-corrected chi connectivity index (χ2v) is 5.23. The average Bonchev–Trinajstić information content (AvgIpc) is 2.56. The van der Waals surface area contributed by atoms with Crippen LogP contribution in [0.4, 0.5) is 5.82 Å². The summed E-state index contributed by atoms with van der Waals surface area (Å²) in [6.07, 6.45) is 4.79. The Hall–Kier alpha value is -2.86. The number of hydrogen-bond donors (Lipinski definition) is 3. The van der Waals surface area contributed by atoms with Crippen LogP contribution in [-0.2, 0) is 6.54 Å². The van der Waals surface area contributed by atoms with Crippen LogP contribution >= 0.6 is 11.6 Å². The fourth-order valence-electron chi connectivity index (χ4n) is 2.04. The van der Waals surface area contributed by atoms with Crippen LogP contribution in [0.25, 0.3) is 11.4 Å². The number of halogens is 1. The lowest BCUT2D eigenvalue weighted by molar-refractivity contribution is 0.400. The molecule has 0 unspecified atom stereocenters. The fourth-order valence-corrected chi connectivity index (χ4v) is 2.21. The number of nitrogens with zero attached hydrogens (tertiary/aromatic N) is 3. The molecule has 3 N–H and O–H groups in total. The molecular weight excluding hydrogens is 316 g/mol. The highest BCUT2D eigenvalue weighted by atomic mass is 35.5. The molecule has 0 aliphatic heterocycles. The molecule has 23 heavy (non-hydrogen) atoms. The van der Waals surface area contributed by atoms with Gasteiger partial charge in [0.2, 0.25) is 0 Å². The molecule has 0 bridgehead atoms. The summed E-state index contributed by atoms with van der Waals surface area (Å²) in [5.41, 5.74) is 1.27. The van der Waals surface area contributed by atoms with Gasteiger partial charge in [0.05, 0.1) is 5.02 Å². The Morgan fingerprint density at radius 3 is 2.83 bits per heavy atom. The Bertz CT molecular complexity index is 842. The first-order valence-corrected chi connectivity index (χ1v) is 7.19. The molecule has 3 rings (SSSR count). The van der Waals surface area contributed by atoms with Gasteiger partial charge in [-0.2, -0.15) is 0 Å². The standard InChI is InChI=1S/C16H13ClN4O2/c17-12-6-11(7-18-9-12)16-19-5-4-14(21-16)20-8-10-2-1-3-13(22)15(10)23/h1-7,9,22-23H,8H2,(H,19,20,21). The number of nitrogens with one attached hydrogen (secondary N) is 1. The maximum absolute atomic E-state index is 9.79. The Morgan fingerprint density at radius 1 is 1.13 bits per heavy atom. The van der Waals surface area contributed by atoms with Crippen LogP contribution in [0.1, 0.15) is 5.56 Å². The van der Waals surface area contributed by atoms with Crippen molar-refractivity contribution in [2.75, 3.05) is 5.32 Å². The number of benzene rings is 1. The number of para-hydroxylation sites is 1. The predicted molar refractivity (Wildman–Crippen MR) is 87.4 cm³/mol. The Balaban J connectivity index is 1.79. The van der Waals surface area contributed by atoms with E-state index < -0.39 is 0 Å². The number of pyridine rings is 1. The van der Waals surface area contributed by atoms with Gasteiger partial charge in [-0.1, -0.05) is 23.7 Å². The average molecular weight is 329 g/mol. The van der Waals surface area contributed by atoms with Crippen molar-refractivity contribution in [3.8, 4) is 22.9 Å². The van der Waals surface area contributed by atoms with Gasteiger partial charge in [0, 0.05) is 36.3 Å². The highest BCUT2D eigenvalue weighted by molar-refractivity contribution is 6.30. The minimum Gasteiger partial charge on any atom is -0.504 e. The largest absolute Gasteiger partial charge is 0.504 e. The van der Waals surface area contributed by atoms with Crippen molar-refractivity contribution in [2.24, 2.45) is 0 Å². The fraction of sp³-hybridized carbons (Fsp3) is 0.0625. The normalized spacial score (nSPS) is 10.5. The first-order chi connectivity index (χ1) is 11.1. The van der Waals surface area contributed by atoms with Crippen molar-refractivity contribution in [3.05, 3.63) is 59.5 Å². The molecular formula is C16H13ClN4O2. The summed E-state index contributed by atoms with van der Waals surface area (Å²) in [5.74, 6) is 0.772. The third kappa shape index (κ3) is 3.49. The summed E-state index contributed by atoms with van der Waals surface area (Å²) in [7, 11) is 0. The predicted octanol–water partition coefficient (Wildman–Crippen LogP) is 3.22. The van der Waals surface area contributed by atoms with Crippen molar-refractivity contribution < 1.29 is 10.2 Å². The van der Waals surface area contributed by atoms with Crippen LogP contribution < -0.4 is 5.32 Å². The molecule has 0 spiro atoms. The van der Waals surface area contributed by atoms with Crippen molar-refractivity contribution >= 4 is 17.4 Å². The minimum absolute atomic E-state index is 0.145. The third-order valence-electron chi connectivity index (χ3n) is 3.18. The second-order valence-electron chi connectivity index (χ2n) is 4.80. The number of phenols is 2. The van der Waals surface area contributed by atoms with Gasteiger partial charge in [-0.05, 0) is 18.2 Å². The lowest BCUT2D eigenvalue weighted by Crippen LogP contribution is -2.03. The summed E-state index contributed by atoms with van der Waals surface area (Å²) >= 11 is 5.92. The molecule has 3 aromatic rings. The molecule has 0 amide bonds. The lowest BCUT2D eigenvalue weighted by Gasteiger charge is -2.09. The molecule has 1 aromatic carbocycles. The zero-order chi connectivity index (χ0) is 16.2. The molecule has 0 saturated carbocycles. The Kier molecular flexibility index (Phi) is 4.25. The summed E-state index contributed by atoms with van der Waals surface area (Å²) in [5, 5.41) is 22.9. The van der Waals surface area contributed by atoms with E-state index in [1.54, 1.807) is 36.7 Å². The summed E-state index contributed by atoms with van der Waals surface area (Å²) in [6, 6.07) is 8.24. The van der Waals surface area contributed by atoms with E-state index in [2.05, 4.69) is 20.3 Å². The van der Waals surface area contributed by atoms with Gasteiger partial charge in [0.25, 0.3) is 0 Å². The third-order valence-corrected chi connectivity index (χ3v) is 3.38. The van der Waals surface area contributed by atoms with Gasteiger partial charge in [-0.3, -0.25) is 4.98 Å². The summed E-state index contributed by atoms with van der Waals surface area (Å²) < 4.78 is 0. The zero-order valence-electron chi connectivity index (χ0n) is 11.9. The highest BCUT2D eigenvalue weighted by Gasteiger charge is 2.07. The molecule has 0 aliphatic rings. The van der Waals surface area contributed by atoms with E-state index in [-0.39, 0.29) is 11.5 Å². The van der Waals surface area contributed by atoms with Gasteiger partial charge < -0.3 is 15.5 Å². The van der Waals surface area contributed by atoms with E-state index in [0.29, 0.717) is 34.3 Å². The van der Waals surface area contributed by atoms with Crippen molar-refractivity contribution in [3.63, 3.8) is 0 Å². The molecule has 6 nitrogen and oxygen atoms in total.